The normalized spacial score (nSPS) is 24.0. The Hall–Kier alpha value is -2.10. The predicted octanol–water partition coefficient (Wildman–Crippen LogP) is 3.26. The Bertz CT molecular complexity index is 906. The molecule has 1 saturated carbocycles. The first-order valence-electron chi connectivity index (χ1n) is 10.8. The van der Waals surface area contributed by atoms with Crippen molar-refractivity contribution in [3.63, 3.8) is 0 Å². The number of nitrogens with zero attached hydrogens (tertiary/aromatic N) is 2. The molecule has 2 N–H and O–H groups in total. The summed E-state index contributed by atoms with van der Waals surface area (Å²) in [6.07, 6.45) is 7.78. The van der Waals surface area contributed by atoms with E-state index in [1.165, 1.54) is 48.3 Å². The third kappa shape index (κ3) is 4.12. The molecule has 2 aromatic rings. The summed E-state index contributed by atoms with van der Waals surface area (Å²) < 4.78 is 2.09. The number of rotatable bonds is 5. The van der Waals surface area contributed by atoms with Crippen molar-refractivity contribution in [2.24, 2.45) is 5.92 Å². The highest BCUT2D eigenvalue weighted by molar-refractivity contribution is 7.09. The highest BCUT2D eigenvalue weighted by Crippen LogP contribution is 2.29. The third-order valence-electron chi connectivity index (χ3n) is 6.99. The van der Waals surface area contributed by atoms with Crippen LogP contribution >= 0.6 is 11.3 Å². The smallest absolute Gasteiger partial charge is 0.280 e. The molecule has 2 fully saturated rings. The van der Waals surface area contributed by atoms with Crippen molar-refractivity contribution in [2.45, 2.75) is 65.0 Å². The van der Waals surface area contributed by atoms with Gasteiger partial charge in [0.2, 0.25) is 0 Å². The average molecular weight is 412 g/mol. The van der Waals surface area contributed by atoms with Gasteiger partial charge in [-0.2, -0.15) is 5.26 Å². The number of amides is 1. The van der Waals surface area contributed by atoms with E-state index in [0.717, 1.165) is 23.7 Å². The van der Waals surface area contributed by atoms with Crippen LogP contribution in [0.2, 0.25) is 0 Å². The maximum atomic E-state index is 13.0. The van der Waals surface area contributed by atoms with Crippen molar-refractivity contribution < 1.29 is 9.69 Å². The zero-order chi connectivity index (χ0) is 20.4. The molecule has 1 aliphatic carbocycles. The molecule has 3 heterocycles. The maximum absolute atomic E-state index is 13.0. The quantitative estimate of drug-likeness (QED) is 0.793. The first-order valence-corrected chi connectivity index (χ1v) is 11.7. The Labute approximate surface area is 177 Å². The molecule has 4 rings (SSSR count). The number of fused-ring (bicyclic) bond motifs is 1. The number of hydrogen-bond acceptors (Lipinski definition) is 3. The van der Waals surface area contributed by atoms with E-state index in [0.29, 0.717) is 30.5 Å². The molecule has 0 radical (unpaired) electrons. The van der Waals surface area contributed by atoms with Crippen LogP contribution < -0.4 is 10.2 Å². The number of nitrogens with one attached hydrogen (secondary N) is 2. The Morgan fingerprint density at radius 3 is 2.86 bits per heavy atom. The third-order valence-corrected chi connectivity index (χ3v) is 7.85. The van der Waals surface area contributed by atoms with Crippen LogP contribution in [0.1, 0.15) is 60.2 Å². The molecule has 1 saturated heterocycles. The van der Waals surface area contributed by atoms with E-state index in [2.05, 4.69) is 27.4 Å². The number of piperidine rings is 1. The maximum Gasteiger partial charge on any atom is 0.280 e. The van der Waals surface area contributed by atoms with E-state index < -0.39 is 0 Å². The minimum absolute atomic E-state index is 0.0349. The van der Waals surface area contributed by atoms with Crippen LogP contribution in [-0.2, 0) is 11.3 Å². The SMILES string of the molecule is Cc1c(C#N)c(NC(=O)C[NH+]2CCC[C@@H]3CCCC[C@@H]32)n(Cc2cccs2)c1C. The fraction of sp³-hybridized carbons (Fsp3) is 0.565. The molecule has 2 aliphatic rings. The summed E-state index contributed by atoms with van der Waals surface area (Å²) in [5.41, 5.74) is 2.59. The van der Waals surface area contributed by atoms with E-state index in [1.807, 2.05) is 19.9 Å². The van der Waals surface area contributed by atoms with Crippen LogP contribution in [0, 0.1) is 31.1 Å². The summed E-state index contributed by atoms with van der Waals surface area (Å²) in [5.74, 6) is 1.49. The number of quaternary nitrogens is 1. The Kier molecular flexibility index (Phi) is 6.07. The number of carbonyl (C=O) groups excluding carboxylic acids is 1. The standard InChI is InChI=1S/C23H30N4OS/c1-16-17(2)27(14-19-9-6-12-29-19)23(20(16)13-24)25-22(28)15-26-11-5-8-18-7-3-4-10-21(18)26/h6,9,12,18,21H,3-5,7-8,10-11,14-15H2,1-2H3,(H,25,28)/p+1/t18-,21-/m0/s1. The number of nitriles is 1. The highest BCUT2D eigenvalue weighted by atomic mass is 32.1. The van der Waals surface area contributed by atoms with Crippen molar-refractivity contribution in [3.8, 4) is 6.07 Å². The van der Waals surface area contributed by atoms with Crippen LogP contribution in [0.25, 0.3) is 0 Å². The fourth-order valence-electron chi connectivity index (χ4n) is 5.36. The molecule has 29 heavy (non-hydrogen) atoms. The second-order valence-electron chi connectivity index (χ2n) is 8.64. The van der Waals surface area contributed by atoms with E-state index in [9.17, 15) is 10.1 Å². The number of likely N-dealkylation sites (tertiary alicyclic amines) is 1. The Balaban J connectivity index is 1.53. The Morgan fingerprint density at radius 2 is 2.10 bits per heavy atom. The molecular formula is C23H31N4OS+. The number of anilines is 1. The molecule has 2 aromatic heterocycles. The highest BCUT2D eigenvalue weighted by Gasteiger charge is 2.37. The first kappa shape index (κ1) is 20.2. The van der Waals surface area contributed by atoms with Gasteiger partial charge in [0.25, 0.3) is 5.91 Å². The lowest BCUT2D eigenvalue weighted by molar-refractivity contribution is -0.928. The molecule has 5 nitrogen and oxygen atoms in total. The van der Waals surface area contributed by atoms with Gasteiger partial charge in [0.15, 0.2) is 6.54 Å². The summed E-state index contributed by atoms with van der Waals surface area (Å²) in [6.45, 7) is 6.28. The van der Waals surface area contributed by atoms with Gasteiger partial charge in [0.05, 0.1) is 24.7 Å². The topological polar surface area (TPSA) is 62.3 Å². The average Bonchev–Trinajstić information content (AvgIpc) is 3.31. The summed E-state index contributed by atoms with van der Waals surface area (Å²) in [6, 6.07) is 7.09. The number of aromatic nitrogens is 1. The first-order chi connectivity index (χ1) is 14.1. The van der Waals surface area contributed by atoms with Crippen LogP contribution in [0.5, 0.6) is 0 Å². The van der Waals surface area contributed by atoms with Gasteiger partial charge < -0.3 is 14.8 Å². The van der Waals surface area contributed by atoms with Crippen LogP contribution in [-0.4, -0.2) is 29.6 Å². The lowest BCUT2D eigenvalue weighted by Crippen LogP contribution is -3.18. The van der Waals surface area contributed by atoms with E-state index in [1.54, 1.807) is 11.3 Å². The van der Waals surface area contributed by atoms with Gasteiger partial charge in [-0.15, -0.1) is 11.3 Å². The molecule has 0 bridgehead atoms. The Morgan fingerprint density at radius 1 is 1.31 bits per heavy atom. The van der Waals surface area contributed by atoms with Gasteiger partial charge in [-0.25, -0.2) is 0 Å². The van der Waals surface area contributed by atoms with Crippen LogP contribution in [0.3, 0.4) is 0 Å². The summed E-state index contributed by atoms with van der Waals surface area (Å²) >= 11 is 1.70. The van der Waals surface area contributed by atoms with Gasteiger partial charge in [0, 0.05) is 16.5 Å². The molecule has 0 aromatic carbocycles. The number of hydrogen-bond donors (Lipinski definition) is 2. The second-order valence-corrected chi connectivity index (χ2v) is 9.67. The predicted molar refractivity (Wildman–Crippen MR) is 116 cm³/mol. The lowest BCUT2D eigenvalue weighted by Gasteiger charge is -2.40. The molecule has 1 aliphatic heterocycles. The van der Waals surface area contributed by atoms with Crippen molar-refractivity contribution in [1.82, 2.24) is 4.57 Å². The molecule has 1 unspecified atom stereocenters. The van der Waals surface area contributed by atoms with Gasteiger partial charge in [0.1, 0.15) is 11.9 Å². The van der Waals surface area contributed by atoms with Crippen LogP contribution in [0.4, 0.5) is 5.82 Å². The molecule has 6 heteroatoms. The van der Waals surface area contributed by atoms with Gasteiger partial charge in [-0.05, 0) is 63.0 Å². The van der Waals surface area contributed by atoms with Crippen LogP contribution in [0.15, 0.2) is 17.5 Å². The second kappa shape index (κ2) is 8.73. The minimum atomic E-state index is 0.0349. The van der Waals surface area contributed by atoms with Crippen molar-refractivity contribution >= 4 is 23.1 Å². The molecule has 0 spiro atoms. The summed E-state index contributed by atoms with van der Waals surface area (Å²) in [5, 5.41) is 14.9. The van der Waals surface area contributed by atoms with E-state index in [4.69, 9.17) is 0 Å². The lowest BCUT2D eigenvalue weighted by atomic mass is 9.78. The van der Waals surface area contributed by atoms with Gasteiger partial charge in [-0.3, -0.25) is 4.79 Å². The number of thiophene rings is 1. The van der Waals surface area contributed by atoms with Crippen molar-refractivity contribution in [2.75, 3.05) is 18.4 Å². The molecule has 3 atom stereocenters. The monoisotopic (exact) mass is 411 g/mol. The molecule has 154 valence electrons. The van der Waals surface area contributed by atoms with Gasteiger partial charge >= 0.3 is 0 Å². The summed E-state index contributed by atoms with van der Waals surface area (Å²) in [4.78, 5) is 15.7. The van der Waals surface area contributed by atoms with Crippen molar-refractivity contribution in [3.05, 3.63) is 39.2 Å². The zero-order valence-electron chi connectivity index (χ0n) is 17.5. The molecule has 1 amide bonds. The van der Waals surface area contributed by atoms with Gasteiger partial charge in [-0.1, -0.05) is 12.5 Å². The van der Waals surface area contributed by atoms with E-state index in [-0.39, 0.29) is 5.91 Å². The minimum Gasteiger partial charge on any atom is -0.325 e. The zero-order valence-corrected chi connectivity index (χ0v) is 18.3. The van der Waals surface area contributed by atoms with Crippen molar-refractivity contribution in [1.29, 1.82) is 5.26 Å². The fourth-order valence-corrected chi connectivity index (χ4v) is 6.05. The molecular weight excluding hydrogens is 380 g/mol. The number of carbonyl (C=O) groups is 1. The van der Waals surface area contributed by atoms with E-state index >= 15 is 0 Å². The summed E-state index contributed by atoms with van der Waals surface area (Å²) in [7, 11) is 0. The largest absolute Gasteiger partial charge is 0.325 e.